The Morgan fingerprint density at radius 1 is 1.60 bits per heavy atom. The van der Waals surface area contributed by atoms with Gasteiger partial charge in [-0.3, -0.25) is 4.55 Å². The Balaban J connectivity index is 3.28. The molecule has 0 spiro atoms. The Labute approximate surface area is 91.4 Å². The number of esters is 1. The van der Waals surface area contributed by atoms with Gasteiger partial charge in [-0.15, -0.1) is 11.3 Å². The number of ether oxygens (including phenoxy) is 1. The zero-order valence-corrected chi connectivity index (χ0v) is 9.81. The summed E-state index contributed by atoms with van der Waals surface area (Å²) >= 11 is 1.07. The minimum atomic E-state index is -4.37. The third-order valence-electron chi connectivity index (χ3n) is 1.70. The van der Waals surface area contributed by atoms with Gasteiger partial charge < -0.3 is 4.74 Å². The number of carbonyl (C=O) groups excluding carboxylic acids is 1. The normalized spacial score (nSPS) is 11.4. The summed E-state index contributed by atoms with van der Waals surface area (Å²) in [6, 6.07) is 0. The second-order valence-corrected chi connectivity index (χ2v) is 5.20. The zero-order valence-electron chi connectivity index (χ0n) is 8.18. The Morgan fingerprint density at radius 3 is 2.67 bits per heavy atom. The summed E-state index contributed by atoms with van der Waals surface area (Å²) in [4.78, 5) is 11.5. The molecule has 7 heteroatoms. The third-order valence-corrected chi connectivity index (χ3v) is 3.64. The molecule has 0 aromatic carbocycles. The summed E-state index contributed by atoms with van der Waals surface area (Å²) in [6.45, 7) is 3.36. The molecule has 0 radical (unpaired) electrons. The predicted octanol–water partition coefficient (Wildman–Crippen LogP) is 1.48. The molecule has 0 saturated carbocycles. The van der Waals surface area contributed by atoms with Crippen LogP contribution in [0.1, 0.15) is 22.2 Å². The van der Waals surface area contributed by atoms with E-state index in [1.54, 1.807) is 13.8 Å². The summed E-state index contributed by atoms with van der Waals surface area (Å²) in [6.07, 6.45) is 0. The standard InChI is InChI=1S/C8H10O5S2/c1-3-13-8(9)7-5(2)14-4-6(7)15(10,11)12/h4H,3H2,1-2H3,(H,10,11,12). The largest absolute Gasteiger partial charge is 0.462 e. The maximum absolute atomic E-state index is 11.4. The van der Waals surface area contributed by atoms with Crippen LogP contribution in [-0.4, -0.2) is 25.5 Å². The fourth-order valence-electron chi connectivity index (χ4n) is 1.07. The first-order chi connectivity index (χ1) is 6.88. The van der Waals surface area contributed by atoms with Gasteiger partial charge in [0.25, 0.3) is 10.1 Å². The molecule has 0 atom stereocenters. The first-order valence-corrected chi connectivity index (χ1v) is 6.42. The molecule has 0 unspecified atom stereocenters. The number of hydrogen-bond acceptors (Lipinski definition) is 5. The van der Waals surface area contributed by atoms with E-state index in [0.717, 1.165) is 11.3 Å². The fraction of sp³-hybridized carbons (Fsp3) is 0.375. The predicted molar refractivity (Wildman–Crippen MR) is 54.8 cm³/mol. The first kappa shape index (κ1) is 12.2. The van der Waals surface area contributed by atoms with Crippen LogP contribution in [0.25, 0.3) is 0 Å². The van der Waals surface area contributed by atoms with Crippen LogP contribution in [0.3, 0.4) is 0 Å². The number of rotatable bonds is 3. The average molecular weight is 250 g/mol. The van der Waals surface area contributed by atoms with E-state index in [0.29, 0.717) is 4.88 Å². The van der Waals surface area contributed by atoms with Gasteiger partial charge in [0.1, 0.15) is 4.90 Å². The van der Waals surface area contributed by atoms with Crippen molar-refractivity contribution in [2.24, 2.45) is 0 Å². The number of carbonyl (C=O) groups is 1. The van der Waals surface area contributed by atoms with Gasteiger partial charge in [0.05, 0.1) is 12.2 Å². The van der Waals surface area contributed by atoms with Crippen molar-refractivity contribution in [2.75, 3.05) is 6.61 Å². The van der Waals surface area contributed by atoms with E-state index in [1.807, 2.05) is 0 Å². The highest BCUT2D eigenvalue weighted by molar-refractivity contribution is 7.86. The Kier molecular flexibility index (Phi) is 3.48. The van der Waals surface area contributed by atoms with Gasteiger partial charge in [-0.1, -0.05) is 0 Å². The average Bonchev–Trinajstić information content (AvgIpc) is 2.46. The Morgan fingerprint density at radius 2 is 2.20 bits per heavy atom. The zero-order chi connectivity index (χ0) is 11.6. The number of hydrogen-bond donors (Lipinski definition) is 1. The summed E-state index contributed by atoms with van der Waals surface area (Å²) in [7, 11) is -4.37. The van der Waals surface area contributed by atoms with Gasteiger partial charge in [0.15, 0.2) is 0 Å². The molecule has 1 aromatic heterocycles. The van der Waals surface area contributed by atoms with Crippen LogP contribution in [0, 0.1) is 6.92 Å². The van der Waals surface area contributed by atoms with Crippen LogP contribution in [0.5, 0.6) is 0 Å². The van der Waals surface area contributed by atoms with E-state index >= 15 is 0 Å². The van der Waals surface area contributed by atoms with Gasteiger partial charge in [0.2, 0.25) is 0 Å². The van der Waals surface area contributed by atoms with Gasteiger partial charge >= 0.3 is 5.97 Å². The molecule has 0 aliphatic rings. The molecule has 0 aliphatic carbocycles. The molecule has 1 heterocycles. The molecule has 84 valence electrons. The van der Waals surface area contributed by atoms with Crippen LogP contribution in [-0.2, 0) is 14.9 Å². The van der Waals surface area contributed by atoms with Gasteiger partial charge in [0, 0.05) is 10.3 Å². The van der Waals surface area contributed by atoms with E-state index < -0.39 is 16.1 Å². The third kappa shape index (κ3) is 2.55. The first-order valence-electron chi connectivity index (χ1n) is 4.10. The molecule has 1 N–H and O–H groups in total. The lowest BCUT2D eigenvalue weighted by Crippen LogP contribution is -2.10. The minimum Gasteiger partial charge on any atom is -0.462 e. The number of thiophene rings is 1. The van der Waals surface area contributed by atoms with Crippen molar-refractivity contribution < 1.29 is 22.5 Å². The van der Waals surface area contributed by atoms with E-state index in [9.17, 15) is 13.2 Å². The molecule has 15 heavy (non-hydrogen) atoms. The van der Waals surface area contributed by atoms with Crippen LogP contribution >= 0.6 is 11.3 Å². The molecule has 1 aromatic rings. The van der Waals surface area contributed by atoms with Crippen molar-refractivity contribution in [1.29, 1.82) is 0 Å². The molecule has 0 aliphatic heterocycles. The van der Waals surface area contributed by atoms with E-state index in [4.69, 9.17) is 9.29 Å². The molecule has 0 saturated heterocycles. The topological polar surface area (TPSA) is 80.7 Å². The van der Waals surface area contributed by atoms with Crippen molar-refractivity contribution in [3.05, 3.63) is 15.8 Å². The highest BCUT2D eigenvalue weighted by Gasteiger charge is 2.25. The van der Waals surface area contributed by atoms with Crippen LogP contribution in [0.2, 0.25) is 0 Å². The van der Waals surface area contributed by atoms with Crippen LogP contribution in [0.4, 0.5) is 0 Å². The summed E-state index contributed by atoms with van der Waals surface area (Å²) in [5.74, 6) is -0.733. The minimum absolute atomic E-state index is 0.0793. The fourth-order valence-corrected chi connectivity index (χ4v) is 2.97. The molecule has 1 rings (SSSR count). The van der Waals surface area contributed by atoms with Crippen LogP contribution < -0.4 is 0 Å². The SMILES string of the molecule is CCOC(=O)c1c(S(=O)(=O)O)csc1C. The second-order valence-electron chi connectivity index (χ2n) is 2.73. The van der Waals surface area contributed by atoms with Crippen molar-refractivity contribution >= 4 is 27.4 Å². The Hall–Kier alpha value is -0.920. The lowest BCUT2D eigenvalue weighted by atomic mass is 10.3. The highest BCUT2D eigenvalue weighted by atomic mass is 32.2. The lowest BCUT2D eigenvalue weighted by Gasteiger charge is -2.02. The van der Waals surface area contributed by atoms with Crippen molar-refractivity contribution in [1.82, 2.24) is 0 Å². The molecule has 5 nitrogen and oxygen atoms in total. The monoisotopic (exact) mass is 250 g/mol. The lowest BCUT2D eigenvalue weighted by molar-refractivity contribution is 0.0521. The quantitative estimate of drug-likeness (QED) is 0.649. The maximum atomic E-state index is 11.4. The van der Waals surface area contributed by atoms with Crippen molar-refractivity contribution in [3.63, 3.8) is 0 Å². The maximum Gasteiger partial charge on any atom is 0.340 e. The number of aryl methyl sites for hydroxylation is 1. The van der Waals surface area contributed by atoms with Crippen molar-refractivity contribution in [2.45, 2.75) is 18.7 Å². The molecule has 0 amide bonds. The Bertz CT molecular complexity index is 471. The molecule has 0 bridgehead atoms. The highest BCUT2D eigenvalue weighted by Crippen LogP contribution is 2.26. The van der Waals surface area contributed by atoms with Gasteiger partial charge in [-0.05, 0) is 13.8 Å². The second kappa shape index (κ2) is 4.30. The smallest absolute Gasteiger partial charge is 0.340 e. The van der Waals surface area contributed by atoms with Gasteiger partial charge in [-0.25, -0.2) is 4.79 Å². The van der Waals surface area contributed by atoms with E-state index in [1.165, 1.54) is 5.38 Å². The van der Waals surface area contributed by atoms with E-state index in [-0.39, 0.29) is 17.1 Å². The van der Waals surface area contributed by atoms with Crippen LogP contribution in [0.15, 0.2) is 10.3 Å². The molecule has 0 fully saturated rings. The molecular formula is C8H10O5S2. The van der Waals surface area contributed by atoms with Crippen molar-refractivity contribution in [3.8, 4) is 0 Å². The van der Waals surface area contributed by atoms with E-state index in [2.05, 4.69) is 0 Å². The summed E-state index contributed by atoms with van der Waals surface area (Å²) in [5.41, 5.74) is -0.0793. The summed E-state index contributed by atoms with van der Waals surface area (Å²) in [5, 5.41) is 1.22. The summed E-state index contributed by atoms with van der Waals surface area (Å²) < 4.78 is 35.4. The van der Waals surface area contributed by atoms with Gasteiger partial charge in [-0.2, -0.15) is 8.42 Å². The molecular weight excluding hydrogens is 240 g/mol.